The Morgan fingerprint density at radius 2 is 2.25 bits per heavy atom. The lowest BCUT2D eigenvalue weighted by Crippen LogP contribution is -2.56. The van der Waals surface area contributed by atoms with Crippen LogP contribution in [0, 0.1) is 5.82 Å². The number of carbonyl (C=O) groups excluding carboxylic acids is 2. The van der Waals surface area contributed by atoms with Gasteiger partial charge < -0.3 is 10.2 Å². The molecular weight excluding hydrogens is 259 g/mol. The number of benzene rings is 1. The molecule has 2 amide bonds. The van der Waals surface area contributed by atoms with Crippen LogP contribution in [0.1, 0.15) is 18.9 Å². The van der Waals surface area contributed by atoms with Gasteiger partial charge in [-0.3, -0.25) is 9.59 Å². The first-order valence-electron chi connectivity index (χ1n) is 6.64. The quantitative estimate of drug-likeness (QED) is 0.852. The van der Waals surface area contributed by atoms with Gasteiger partial charge >= 0.3 is 0 Å². The Kier molecular flexibility index (Phi) is 4.50. The van der Waals surface area contributed by atoms with Gasteiger partial charge in [0.1, 0.15) is 11.9 Å². The standard InChI is InChI=1S/C15H17FN2O2/c1-2-13-15(20)17-9-10-18(13)14(19)8-7-11-5-3-4-6-12(11)16/h3-8,13H,2,9-10H2,1H3,(H,17,20). The van der Waals surface area contributed by atoms with E-state index < -0.39 is 6.04 Å². The third-order valence-corrected chi connectivity index (χ3v) is 3.31. The summed E-state index contributed by atoms with van der Waals surface area (Å²) in [4.78, 5) is 25.3. The molecule has 0 spiro atoms. The molecule has 1 aliphatic rings. The maximum absolute atomic E-state index is 13.4. The largest absolute Gasteiger partial charge is 0.353 e. The lowest BCUT2D eigenvalue weighted by atomic mass is 10.1. The molecule has 1 aliphatic heterocycles. The highest BCUT2D eigenvalue weighted by Crippen LogP contribution is 2.12. The molecule has 1 fully saturated rings. The van der Waals surface area contributed by atoms with Gasteiger partial charge in [-0.05, 0) is 18.6 Å². The molecule has 0 aromatic heterocycles. The van der Waals surface area contributed by atoms with Crippen molar-refractivity contribution in [2.45, 2.75) is 19.4 Å². The Morgan fingerprint density at radius 1 is 1.50 bits per heavy atom. The van der Waals surface area contributed by atoms with Crippen LogP contribution in [-0.4, -0.2) is 35.8 Å². The Balaban J connectivity index is 2.11. The summed E-state index contributed by atoms with van der Waals surface area (Å²) in [5.74, 6) is -0.777. The fraction of sp³-hybridized carbons (Fsp3) is 0.333. The minimum atomic E-state index is -0.443. The maximum Gasteiger partial charge on any atom is 0.247 e. The molecule has 0 radical (unpaired) electrons. The SMILES string of the molecule is CCC1C(=O)NCCN1C(=O)C=Cc1ccccc1F. The second-order valence-electron chi connectivity index (χ2n) is 4.60. The number of nitrogens with one attached hydrogen (secondary N) is 1. The van der Waals surface area contributed by atoms with Crippen molar-refractivity contribution in [1.29, 1.82) is 0 Å². The number of hydrogen-bond acceptors (Lipinski definition) is 2. The minimum absolute atomic E-state index is 0.133. The van der Waals surface area contributed by atoms with Crippen molar-refractivity contribution < 1.29 is 14.0 Å². The third kappa shape index (κ3) is 3.04. The van der Waals surface area contributed by atoms with Crippen molar-refractivity contribution in [2.75, 3.05) is 13.1 Å². The number of nitrogens with zero attached hydrogens (tertiary/aromatic N) is 1. The molecule has 0 saturated carbocycles. The summed E-state index contributed by atoms with van der Waals surface area (Å²) in [7, 11) is 0. The zero-order chi connectivity index (χ0) is 14.5. The van der Waals surface area contributed by atoms with Crippen LogP contribution in [0.5, 0.6) is 0 Å². The van der Waals surface area contributed by atoms with E-state index in [0.29, 0.717) is 25.1 Å². The zero-order valence-corrected chi connectivity index (χ0v) is 11.3. The van der Waals surface area contributed by atoms with Crippen LogP contribution >= 0.6 is 0 Å². The Bertz CT molecular complexity index is 542. The van der Waals surface area contributed by atoms with Crippen molar-refractivity contribution in [3.8, 4) is 0 Å². The van der Waals surface area contributed by atoms with E-state index in [1.807, 2.05) is 6.92 Å². The molecule has 1 unspecified atom stereocenters. The highest BCUT2D eigenvalue weighted by atomic mass is 19.1. The van der Waals surface area contributed by atoms with Crippen LogP contribution < -0.4 is 5.32 Å². The molecule has 20 heavy (non-hydrogen) atoms. The van der Waals surface area contributed by atoms with Crippen LogP contribution in [0.3, 0.4) is 0 Å². The van der Waals surface area contributed by atoms with Crippen molar-refractivity contribution in [3.63, 3.8) is 0 Å². The summed E-state index contributed by atoms with van der Waals surface area (Å²) < 4.78 is 13.4. The molecule has 106 valence electrons. The molecule has 2 rings (SSSR count). The lowest BCUT2D eigenvalue weighted by molar-refractivity contribution is -0.140. The monoisotopic (exact) mass is 276 g/mol. The summed E-state index contributed by atoms with van der Waals surface area (Å²) in [5.41, 5.74) is 0.357. The second kappa shape index (κ2) is 6.32. The molecule has 1 aromatic carbocycles. The Morgan fingerprint density at radius 3 is 2.95 bits per heavy atom. The first kappa shape index (κ1) is 14.2. The van der Waals surface area contributed by atoms with Crippen molar-refractivity contribution in [3.05, 3.63) is 41.7 Å². The van der Waals surface area contributed by atoms with Crippen LogP contribution in [0.2, 0.25) is 0 Å². The first-order valence-corrected chi connectivity index (χ1v) is 6.64. The number of hydrogen-bond donors (Lipinski definition) is 1. The number of carbonyl (C=O) groups is 2. The molecular formula is C15H17FN2O2. The van der Waals surface area contributed by atoms with Gasteiger partial charge in [-0.2, -0.15) is 0 Å². The average molecular weight is 276 g/mol. The smallest absolute Gasteiger partial charge is 0.247 e. The summed E-state index contributed by atoms with van der Waals surface area (Å²) in [6, 6.07) is 5.79. The molecule has 1 N–H and O–H groups in total. The van der Waals surface area contributed by atoms with Gasteiger partial charge in [-0.25, -0.2) is 4.39 Å². The van der Waals surface area contributed by atoms with E-state index in [1.54, 1.807) is 18.2 Å². The third-order valence-electron chi connectivity index (χ3n) is 3.31. The molecule has 5 heteroatoms. The van der Waals surface area contributed by atoms with Gasteiger partial charge in [0.15, 0.2) is 0 Å². The summed E-state index contributed by atoms with van der Waals surface area (Å²) in [5, 5.41) is 2.73. The van der Waals surface area contributed by atoms with Crippen molar-refractivity contribution in [2.24, 2.45) is 0 Å². The Hall–Kier alpha value is -2.17. The van der Waals surface area contributed by atoms with E-state index in [0.717, 1.165) is 0 Å². The normalized spacial score (nSPS) is 19.2. The van der Waals surface area contributed by atoms with E-state index in [4.69, 9.17) is 0 Å². The summed E-state index contributed by atoms with van der Waals surface area (Å²) >= 11 is 0. The zero-order valence-electron chi connectivity index (χ0n) is 11.3. The minimum Gasteiger partial charge on any atom is -0.353 e. The average Bonchev–Trinajstić information content (AvgIpc) is 2.46. The Labute approximate surface area is 117 Å². The van der Waals surface area contributed by atoms with Gasteiger partial charge in [0.25, 0.3) is 0 Å². The molecule has 1 saturated heterocycles. The van der Waals surface area contributed by atoms with Crippen LogP contribution in [0.4, 0.5) is 4.39 Å². The van der Waals surface area contributed by atoms with Crippen molar-refractivity contribution >= 4 is 17.9 Å². The maximum atomic E-state index is 13.4. The number of rotatable bonds is 3. The van der Waals surface area contributed by atoms with Gasteiger partial charge in [0.05, 0.1) is 0 Å². The summed E-state index contributed by atoms with van der Waals surface area (Å²) in [6.45, 7) is 2.79. The van der Waals surface area contributed by atoms with Crippen molar-refractivity contribution in [1.82, 2.24) is 10.2 Å². The van der Waals surface area contributed by atoms with Gasteiger partial charge in [-0.1, -0.05) is 25.1 Å². The molecule has 1 atom stereocenters. The fourth-order valence-corrected chi connectivity index (χ4v) is 2.25. The molecule has 4 nitrogen and oxygen atoms in total. The van der Waals surface area contributed by atoms with Gasteiger partial charge in [0.2, 0.25) is 11.8 Å². The van der Waals surface area contributed by atoms with E-state index in [2.05, 4.69) is 5.32 Å². The topological polar surface area (TPSA) is 49.4 Å². The van der Waals surface area contributed by atoms with E-state index in [-0.39, 0.29) is 17.6 Å². The second-order valence-corrected chi connectivity index (χ2v) is 4.60. The van der Waals surface area contributed by atoms with E-state index in [1.165, 1.54) is 23.1 Å². The predicted molar refractivity (Wildman–Crippen MR) is 74.2 cm³/mol. The highest BCUT2D eigenvalue weighted by Gasteiger charge is 2.30. The van der Waals surface area contributed by atoms with E-state index >= 15 is 0 Å². The molecule has 0 bridgehead atoms. The molecule has 0 aliphatic carbocycles. The van der Waals surface area contributed by atoms with Crippen LogP contribution in [0.15, 0.2) is 30.3 Å². The molecule has 1 aromatic rings. The summed E-state index contributed by atoms with van der Waals surface area (Å²) in [6.07, 6.45) is 3.32. The van der Waals surface area contributed by atoms with Crippen LogP contribution in [-0.2, 0) is 9.59 Å². The van der Waals surface area contributed by atoms with E-state index in [9.17, 15) is 14.0 Å². The number of amides is 2. The fourth-order valence-electron chi connectivity index (χ4n) is 2.25. The number of halogens is 1. The highest BCUT2D eigenvalue weighted by molar-refractivity contribution is 5.96. The predicted octanol–water partition coefficient (Wildman–Crippen LogP) is 1.58. The van der Waals surface area contributed by atoms with Gasteiger partial charge in [-0.15, -0.1) is 0 Å². The van der Waals surface area contributed by atoms with Crippen LogP contribution in [0.25, 0.3) is 6.08 Å². The van der Waals surface area contributed by atoms with Gasteiger partial charge in [0, 0.05) is 24.7 Å². The number of piperazine rings is 1. The molecule has 1 heterocycles. The first-order chi connectivity index (χ1) is 9.63. The lowest BCUT2D eigenvalue weighted by Gasteiger charge is -2.33.